The molecule has 0 fully saturated rings. The number of rotatable bonds is 4. The fourth-order valence-corrected chi connectivity index (χ4v) is 2.86. The molecular formula is C15H9F2N3O2S. The highest BCUT2D eigenvalue weighted by atomic mass is 32.2. The minimum absolute atomic E-state index is 0.0129. The van der Waals surface area contributed by atoms with Crippen LogP contribution in [0, 0.1) is 11.8 Å². The standard InChI is InChI=1S/C15H9F2N3O2S/c16-9-3-1-4-10(7-9)23-13-8-11(15(21)22)19-20(13)12-5-2-6-18-14(12)17/h1-8H,(H,21,22). The number of aromatic carboxylic acids is 1. The summed E-state index contributed by atoms with van der Waals surface area (Å²) in [5, 5.41) is 13.3. The molecule has 0 radical (unpaired) electrons. The molecule has 5 nitrogen and oxygen atoms in total. The first-order valence-electron chi connectivity index (χ1n) is 6.42. The van der Waals surface area contributed by atoms with E-state index in [1.54, 1.807) is 6.07 Å². The van der Waals surface area contributed by atoms with Gasteiger partial charge in [0.05, 0.1) is 0 Å². The fraction of sp³-hybridized carbons (Fsp3) is 0. The van der Waals surface area contributed by atoms with E-state index in [0.29, 0.717) is 9.92 Å². The van der Waals surface area contributed by atoms with Crippen molar-refractivity contribution < 1.29 is 18.7 Å². The third kappa shape index (κ3) is 3.21. The van der Waals surface area contributed by atoms with E-state index in [2.05, 4.69) is 10.1 Å². The van der Waals surface area contributed by atoms with E-state index in [1.807, 2.05) is 0 Å². The summed E-state index contributed by atoms with van der Waals surface area (Å²) in [5.74, 6) is -2.45. The summed E-state index contributed by atoms with van der Waals surface area (Å²) in [5.41, 5.74) is -0.231. The Labute approximate surface area is 133 Å². The van der Waals surface area contributed by atoms with Crippen LogP contribution in [0.3, 0.4) is 0 Å². The minimum atomic E-state index is -1.24. The predicted molar refractivity (Wildman–Crippen MR) is 78.8 cm³/mol. The summed E-state index contributed by atoms with van der Waals surface area (Å²) in [4.78, 5) is 15.2. The summed E-state index contributed by atoms with van der Waals surface area (Å²) in [6.45, 7) is 0. The van der Waals surface area contributed by atoms with E-state index >= 15 is 0 Å². The number of aromatic nitrogens is 3. The molecule has 1 aromatic carbocycles. The number of carboxylic acid groups (broad SMARTS) is 1. The summed E-state index contributed by atoms with van der Waals surface area (Å²) < 4.78 is 28.3. The van der Waals surface area contributed by atoms with E-state index in [9.17, 15) is 13.6 Å². The number of benzene rings is 1. The van der Waals surface area contributed by atoms with Crippen LogP contribution < -0.4 is 0 Å². The number of pyridine rings is 1. The first kappa shape index (κ1) is 15.2. The maximum absolute atomic E-state index is 13.9. The van der Waals surface area contributed by atoms with Gasteiger partial charge in [0, 0.05) is 17.2 Å². The third-order valence-electron chi connectivity index (χ3n) is 2.88. The van der Waals surface area contributed by atoms with Gasteiger partial charge in [0.25, 0.3) is 0 Å². The van der Waals surface area contributed by atoms with Crippen LogP contribution in [0.5, 0.6) is 0 Å². The molecule has 0 unspecified atom stereocenters. The number of nitrogens with zero attached hydrogens (tertiary/aromatic N) is 3. The molecule has 0 bridgehead atoms. The lowest BCUT2D eigenvalue weighted by molar-refractivity contribution is 0.0690. The maximum Gasteiger partial charge on any atom is 0.356 e. The summed E-state index contributed by atoms with van der Waals surface area (Å²) in [7, 11) is 0. The smallest absolute Gasteiger partial charge is 0.356 e. The lowest BCUT2D eigenvalue weighted by atomic mass is 10.4. The number of halogens is 2. The predicted octanol–water partition coefficient (Wildman–Crippen LogP) is 3.39. The zero-order chi connectivity index (χ0) is 16.4. The summed E-state index contributed by atoms with van der Waals surface area (Å²) >= 11 is 1.07. The first-order valence-corrected chi connectivity index (χ1v) is 7.24. The van der Waals surface area contributed by atoms with Crippen molar-refractivity contribution >= 4 is 17.7 Å². The lowest BCUT2D eigenvalue weighted by Gasteiger charge is -2.07. The van der Waals surface area contributed by atoms with E-state index < -0.39 is 17.7 Å². The van der Waals surface area contributed by atoms with Crippen LogP contribution in [0.2, 0.25) is 0 Å². The van der Waals surface area contributed by atoms with Gasteiger partial charge in [-0.1, -0.05) is 17.8 Å². The van der Waals surface area contributed by atoms with Crippen LogP contribution >= 0.6 is 11.8 Å². The van der Waals surface area contributed by atoms with Crippen LogP contribution in [0.15, 0.2) is 58.6 Å². The van der Waals surface area contributed by atoms with Gasteiger partial charge in [-0.25, -0.2) is 18.9 Å². The van der Waals surface area contributed by atoms with E-state index in [4.69, 9.17) is 5.11 Å². The van der Waals surface area contributed by atoms with E-state index in [1.165, 1.54) is 42.6 Å². The molecule has 23 heavy (non-hydrogen) atoms. The van der Waals surface area contributed by atoms with Crippen LogP contribution in [0.25, 0.3) is 5.69 Å². The van der Waals surface area contributed by atoms with Crippen molar-refractivity contribution in [1.82, 2.24) is 14.8 Å². The molecule has 0 atom stereocenters. The average molecular weight is 333 g/mol. The monoisotopic (exact) mass is 333 g/mol. The quantitative estimate of drug-likeness (QED) is 0.741. The second-order valence-electron chi connectivity index (χ2n) is 4.46. The van der Waals surface area contributed by atoms with Crippen molar-refractivity contribution in [3.63, 3.8) is 0 Å². The molecule has 0 aliphatic carbocycles. The molecule has 0 aliphatic rings. The van der Waals surface area contributed by atoms with Gasteiger partial charge >= 0.3 is 5.97 Å². The number of hydrogen-bond donors (Lipinski definition) is 1. The normalized spacial score (nSPS) is 10.7. The minimum Gasteiger partial charge on any atom is -0.476 e. The van der Waals surface area contributed by atoms with Crippen molar-refractivity contribution in [2.45, 2.75) is 9.92 Å². The van der Waals surface area contributed by atoms with Crippen molar-refractivity contribution in [2.75, 3.05) is 0 Å². The molecule has 3 aromatic rings. The molecule has 0 amide bonds. The molecule has 0 aliphatic heterocycles. The third-order valence-corrected chi connectivity index (χ3v) is 3.87. The molecule has 0 saturated carbocycles. The molecular weight excluding hydrogens is 324 g/mol. The van der Waals surface area contributed by atoms with Gasteiger partial charge in [-0.05, 0) is 30.3 Å². The van der Waals surface area contributed by atoms with Crippen molar-refractivity contribution in [3.8, 4) is 5.69 Å². The van der Waals surface area contributed by atoms with Crippen LogP contribution in [0.4, 0.5) is 8.78 Å². The van der Waals surface area contributed by atoms with Crippen molar-refractivity contribution in [1.29, 1.82) is 0 Å². The second kappa shape index (κ2) is 6.17. The highest BCUT2D eigenvalue weighted by molar-refractivity contribution is 7.99. The molecule has 1 N–H and O–H groups in total. The largest absolute Gasteiger partial charge is 0.476 e. The van der Waals surface area contributed by atoms with Gasteiger partial charge < -0.3 is 5.11 Å². The molecule has 2 aromatic heterocycles. The lowest BCUT2D eigenvalue weighted by Crippen LogP contribution is -2.05. The zero-order valence-corrected chi connectivity index (χ0v) is 12.3. The van der Waals surface area contributed by atoms with Gasteiger partial charge in [-0.15, -0.1) is 0 Å². The highest BCUT2D eigenvalue weighted by Crippen LogP contribution is 2.31. The van der Waals surface area contributed by atoms with Crippen molar-refractivity contribution in [2.24, 2.45) is 0 Å². The molecule has 2 heterocycles. The van der Waals surface area contributed by atoms with E-state index in [-0.39, 0.29) is 11.4 Å². The Hall–Kier alpha value is -2.74. The van der Waals surface area contributed by atoms with Crippen LogP contribution in [-0.2, 0) is 0 Å². The topological polar surface area (TPSA) is 68.0 Å². The summed E-state index contributed by atoms with van der Waals surface area (Å²) in [6.07, 6.45) is 1.28. The molecule has 0 saturated heterocycles. The summed E-state index contributed by atoms with van der Waals surface area (Å²) in [6, 6.07) is 10.0. The number of carboxylic acids is 1. The molecule has 0 spiro atoms. The number of carbonyl (C=O) groups is 1. The molecule has 116 valence electrons. The Morgan fingerprint density at radius 2 is 2.00 bits per heavy atom. The van der Waals surface area contributed by atoms with E-state index in [0.717, 1.165) is 16.4 Å². The first-order chi connectivity index (χ1) is 11.0. The van der Waals surface area contributed by atoms with Gasteiger partial charge in [-0.3, -0.25) is 0 Å². The zero-order valence-electron chi connectivity index (χ0n) is 11.5. The Bertz CT molecular complexity index is 883. The van der Waals surface area contributed by atoms with Gasteiger partial charge in [0.15, 0.2) is 5.69 Å². The average Bonchev–Trinajstić information content (AvgIpc) is 2.92. The highest BCUT2D eigenvalue weighted by Gasteiger charge is 2.18. The SMILES string of the molecule is O=C(O)c1cc(Sc2cccc(F)c2)n(-c2cccnc2F)n1. The van der Waals surface area contributed by atoms with Gasteiger partial charge in [-0.2, -0.15) is 9.49 Å². The Balaban J connectivity index is 2.08. The molecule has 3 rings (SSSR count). The number of hydrogen-bond acceptors (Lipinski definition) is 4. The van der Waals surface area contributed by atoms with Gasteiger partial charge in [0.1, 0.15) is 16.5 Å². The van der Waals surface area contributed by atoms with Crippen molar-refractivity contribution in [3.05, 3.63) is 66.1 Å². The Morgan fingerprint density at radius 3 is 2.70 bits per heavy atom. The molecule has 8 heteroatoms. The fourth-order valence-electron chi connectivity index (χ4n) is 1.90. The second-order valence-corrected chi connectivity index (χ2v) is 5.55. The van der Waals surface area contributed by atoms with Crippen LogP contribution in [-0.4, -0.2) is 25.8 Å². The Kier molecular flexibility index (Phi) is 4.07. The van der Waals surface area contributed by atoms with Gasteiger partial charge in [0.2, 0.25) is 5.95 Å². The maximum atomic E-state index is 13.9. The Morgan fingerprint density at radius 1 is 1.17 bits per heavy atom. The van der Waals surface area contributed by atoms with Crippen LogP contribution in [0.1, 0.15) is 10.5 Å².